The minimum atomic E-state index is -0.146. The first-order chi connectivity index (χ1) is 9.74. The molecule has 0 fully saturated rings. The summed E-state index contributed by atoms with van der Waals surface area (Å²) in [7, 11) is 1.74. The fourth-order valence-electron chi connectivity index (χ4n) is 2.04. The fourth-order valence-corrected chi connectivity index (χ4v) is 2.04. The van der Waals surface area contributed by atoms with E-state index in [9.17, 15) is 4.79 Å². The predicted molar refractivity (Wildman–Crippen MR) is 76.1 cm³/mol. The van der Waals surface area contributed by atoms with Crippen LogP contribution in [0.1, 0.15) is 16.3 Å². The molecule has 0 radical (unpaired) electrons. The van der Waals surface area contributed by atoms with Crippen molar-refractivity contribution in [3.63, 3.8) is 0 Å². The summed E-state index contributed by atoms with van der Waals surface area (Å²) in [6.07, 6.45) is 1.72. The molecule has 2 heterocycles. The molecule has 0 spiro atoms. The third-order valence-electron chi connectivity index (χ3n) is 3.06. The molecular weight excluding hydrogens is 252 g/mol. The van der Waals surface area contributed by atoms with E-state index in [-0.39, 0.29) is 5.91 Å². The Hall–Kier alpha value is -2.69. The van der Waals surface area contributed by atoms with E-state index in [1.54, 1.807) is 18.1 Å². The number of imidazole rings is 1. The highest BCUT2D eigenvalue weighted by atomic mass is 16.2. The lowest BCUT2D eigenvalue weighted by atomic mass is 10.3. The zero-order valence-electron chi connectivity index (χ0n) is 11.1. The molecule has 0 bridgehead atoms. The lowest BCUT2D eigenvalue weighted by molar-refractivity contribution is 0.0773. The van der Waals surface area contributed by atoms with Crippen molar-refractivity contribution in [3.8, 4) is 0 Å². The van der Waals surface area contributed by atoms with Gasteiger partial charge in [0.25, 0.3) is 5.91 Å². The Balaban J connectivity index is 1.81. The second-order valence-corrected chi connectivity index (χ2v) is 4.58. The maximum absolute atomic E-state index is 12.3. The molecule has 3 rings (SSSR count). The molecule has 0 saturated carbocycles. The number of carbonyl (C=O) groups is 1. The predicted octanol–water partition coefficient (Wildman–Crippen LogP) is 2.23. The number of hydrogen-bond acceptors (Lipinski definition) is 3. The summed E-state index contributed by atoms with van der Waals surface area (Å²) >= 11 is 0. The van der Waals surface area contributed by atoms with Crippen LogP contribution in [0.15, 0.2) is 48.7 Å². The molecule has 0 aliphatic heterocycles. The van der Waals surface area contributed by atoms with Crippen LogP contribution in [0.25, 0.3) is 11.0 Å². The van der Waals surface area contributed by atoms with Gasteiger partial charge in [-0.3, -0.25) is 9.78 Å². The Kier molecular flexibility index (Phi) is 3.16. The minimum absolute atomic E-state index is 0.146. The average molecular weight is 266 g/mol. The topological polar surface area (TPSA) is 61.9 Å². The number of pyridine rings is 1. The molecule has 0 aliphatic rings. The van der Waals surface area contributed by atoms with E-state index in [2.05, 4.69) is 15.0 Å². The number of aromatic amines is 1. The molecule has 0 unspecified atom stereocenters. The van der Waals surface area contributed by atoms with Gasteiger partial charge in [-0.1, -0.05) is 18.2 Å². The first kappa shape index (κ1) is 12.3. The quantitative estimate of drug-likeness (QED) is 0.790. The zero-order chi connectivity index (χ0) is 13.9. The van der Waals surface area contributed by atoms with Crippen LogP contribution < -0.4 is 0 Å². The van der Waals surface area contributed by atoms with E-state index in [0.29, 0.717) is 12.4 Å². The number of H-pyrrole nitrogens is 1. The summed E-state index contributed by atoms with van der Waals surface area (Å²) in [5.74, 6) is 0.205. The monoisotopic (exact) mass is 266 g/mol. The molecule has 3 aromatic rings. The van der Waals surface area contributed by atoms with Crippen LogP contribution in [-0.2, 0) is 6.54 Å². The van der Waals surface area contributed by atoms with Crippen molar-refractivity contribution < 1.29 is 4.79 Å². The van der Waals surface area contributed by atoms with Gasteiger partial charge in [0.2, 0.25) is 0 Å². The van der Waals surface area contributed by atoms with Crippen LogP contribution in [0.3, 0.4) is 0 Å². The Labute approximate surface area is 116 Å². The third-order valence-corrected chi connectivity index (χ3v) is 3.06. The number of fused-ring (bicyclic) bond motifs is 1. The first-order valence-corrected chi connectivity index (χ1v) is 6.34. The van der Waals surface area contributed by atoms with Crippen LogP contribution in [0.4, 0.5) is 0 Å². The Bertz CT molecular complexity index is 703. The molecule has 1 amide bonds. The van der Waals surface area contributed by atoms with E-state index >= 15 is 0 Å². The second kappa shape index (κ2) is 5.13. The van der Waals surface area contributed by atoms with Crippen molar-refractivity contribution in [2.45, 2.75) is 6.54 Å². The highest BCUT2D eigenvalue weighted by molar-refractivity contribution is 5.93. The SMILES string of the molecule is CN(Cc1ccccn1)C(=O)c1nc2ccccc2[nH]1. The number of benzene rings is 1. The van der Waals surface area contributed by atoms with Crippen LogP contribution in [-0.4, -0.2) is 32.8 Å². The highest BCUT2D eigenvalue weighted by Crippen LogP contribution is 2.12. The number of para-hydroxylation sites is 2. The molecular formula is C15H14N4O. The van der Waals surface area contributed by atoms with Gasteiger partial charge in [-0.2, -0.15) is 0 Å². The van der Waals surface area contributed by atoms with Crippen molar-refractivity contribution >= 4 is 16.9 Å². The molecule has 1 N–H and O–H groups in total. The van der Waals surface area contributed by atoms with Crippen molar-refractivity contribution in [1.82, 2.24) is 19.9 Å². The number of rotatable bonds is 3. The smallest absolute Gasteiger partial charge is 0.289 e. The third kappa shape index (κ3) is 2.38. The molecule has 5 nitrogen and oxygen atoms in total. The summed E-state index contributed by atoms with van der Waals surface area (Å²) in [5.41, 5.74) is 2.50. The van der Waals surface area contributed by atoms with E-state index in [1.807, 2.05) is 42.5 Å². The van der Waals surface area contributed by atoms with E-state index in [1.165, 1.54) is 0 Å². The molecule has 0 atom stereocenters. The summed E-state index contributed by atoms with van der Waals surface area (Å²) in [5, 5.41) is 0. The standard InChI is InChI=1S/C15H14N4O/c1-19(10-11-6-4-5-9-16-11)15(20)14-17-12-7-2-3-8-13(12)18-14/h2-9H,10H2,1H3,(H,17,18). The van der Waals surface area contributed by atoms with Gasteiger partial charge in [-0.05, 0) is 24.3 Å². The van der Waals surface area contributed by atoms with Gasteiger partial charge in [0.05, 0.1) is 23.3 Å². The van der Waals surface area contributed by atoms with Crippen molar-refractivity contribution in [2.24, 2.45) is 0 Å². The molecule has 2 aromatic heterocycles. The molecule has 20 heavy (non-hydrogen) atoms. The molecule has 0 saturated heterocycles. The fraction of sp³-hybridized carbons (Fsp3) is 0.133. The Morgan fingerprint density at radius 2 is 2.00 bits per heavy atom. The van der Waals surface area contributed by atoms with Crippen LogP contribution >= 0.6 is 0 Å². The zero-order valence-corrected chi connectivity index (χ0v) is 11.1. The van der Waals surface area contributed by atoms with Gasteiger partial charge in [0, 0.05) is 13.2 Å². The number of amides is 1. The van der Waals surface area contributed by atoms with Gasteiger partial charge in [0.1, 0.15) is 0 Å². The molecule has 100 valence electrons. The largest absolute Gasteiger partial charge is 0.334 e. The van der Waals surface area contributed by atoms with E-state index in [4.69, 9.17) is 0 Å². The first-order valence-electron chi connectivity index (χ1n) is 6.34. The average Bonchev–Trinajstić information content (AvgIpc) is 2.91. The van der Waals surface area contributed by atoms with Crippen molar-refractivity contribution in [1.29, 1.82) is 0 Å². The minimum Gasteiger partial charge on any atom is -0.334 e. The summed E-state index contributed by atoms with van der Waals surface area (Å²) in [6, 6.07) is 13.2. The Morgan fingerprint density at radius 1 is 1.20 bits per heavy atom. The van der Waals surface area contributed by atoms with Crippen LogP contribution in [0.2, 0.25) is 0 Å². The van der Waals surface area contributed by atoms with E-state index < -0.39 is 0 Å². The number of hydrogen-bond donors (Lipinski definition) is 1. The lowest BCUT2D eigenvalue weighted by Gasteiger charge is -2.14. The Morgan fingerprint density at radius 3 is 2.75 bits per heavy atom. The molecule has 5 heteroatoms. The maximum atomic E-state index is 12.3. The second-order valence-electron chi connectivity index (χ2n) is 4.58. The number of nitrogens with zero attached hydrogens (tertiary/aromatic N) is 3. The summed E-state index contributed by atoms with van der Waals surface area (Å²) in [4.78, 5) is 25.5. The van der Waals surface area contributed by atoms with Crippen LogP contribution in [0, 0.1) is 0 Å². The van der Waals surface area contributed by atoms with Gasteiger partial charge in [-0.15, -0.1) is 0 Å². The number of aromatic nitrogens is 3. The lowest BCUT2D eigenvalue weighted by Crippen LogP contribution is -2.27. The van der Waals surface area contributed by atoms with Gasteiger partial charge in [0.15, 0.2) is 5.82 Å². The van der Waals surface area contributed by atoms with Crippen molar-refractivity contribution in [2.75, 3.05) is 7.05 Å². The van der Waals surface area contributed by atoms with Crippen LogP contribution in [0.5, 0.6) is 0 Å². The van der Waals surface area contributed by atoms with Gasteiger partial charge >= 0.3 is 0 Å². The highest BCUT2D eigenvalue weighted by Gasteiger charge is 2.16. The molecule has 1 aromatic carbocycles. The van der Waals surface area contributed by atoms with Crippen molar-refractivity contribution in [3.05, 3.63) is 60.2 Å². The summed E-state index contributed by atoms with van der Waals surface area (Å²) in [6.45, 7) is 0.455. The van der Waals surface area contributed by atoms with Gasteiger partial charge < -0.3 is 9.88 Å². The summed E-state index contributed by atoms with van der Waals surface area (Å²) < 4.78 is 0. The maximum Gasteiger partial charge on any atom is 0.289 e. The normalized spacial score (nSPS) is 10.7. The number of nitrogens with one attached hydrogen (secondary N) is 1. The molecule has 0 aliphatic carbocycles. The van der Waals surface area contributed by atoms with Gasteiger partial charge in [-0.25, -0.2) is 4.98 Å². The van der Waals surface area contributed by atoms with E-state index in [0.717, 1.165) is 16.7 Å². The number of carbonyl (C=O) groups excluding carboxylic acids is 1.